The van der Waals surface area contributed by atoms with Gasteiger partial charge in [0.25, 0.3) is 0 Å². The summed E-state index contributed by atoms with van der Waals surface area (Å²) in [6, 6.07) is 2.24. The van der Waals surface area contributed by atoms with Crippen LogP contribution in [0.1, 0.15) is 31.7 Å². The molecule has 0 heterocycles. The van der Waals surface area contributed by atoms with E-state index >= 15 is 0 Å². The summed E-state index contributed by atoms with van der Waals surface area (Å²) in [6.45, 7) is 1.19. The second-order valence-corrected chi connectivity index (χ2v) is 8.01. The monoisotopic (exact) mass is 510 g/mol. The molecule has 0 spiro atoms. The third-order valence-electron chi connectivity index (χ3n) is 4.98. The van der Waals surface area contributed by atoms with Crippen LogP contribution in [-0.2, 0) is 35.2 Å². The van der Waals surface area contributed by atoms with Crippen molar-refractivity contribution in [2.45, 2.75) is 62.9 Å². The van der Waals surface area contributed by atoms with E-state index in [-0.39, 0.29) is 12.8 Å². The Kier molecular flexibility index (Phi) is 12.0. The van der Waals surface area contributed by atoms with Gasteiger partial charge in [-0.05, 0) is 18.9 Å². The molecule has 1 aromatic rings. The molecule has 198 valence electrons. The van der Waals surface area contributed by atoms with Crippen LogP contribution in [0.25, 0.3) is 0 Å². The predicted octanol–water partition coefficient (Wildman–Crippen LogP) is -2.18. The number of hydrogen-bond donors (Lipinski definition) is 8. The fourth-order valence-electron chi connectivity index (χ4n) is 3.04. The fraction of sp³-hybridized carbons (Fsp3) is 0.455. The molecule has 1 aromatic carbocycles. The van der Waals surface area contributed by atoms with Gasteiger partial charge in [0.1, 0.15) is 18.1 Å². The number of hydrogen-bond acceptors (Lipinski definition) is 8. The van der Waals surface area contributed by atoms with Gasteiger partial charge in [-0.3, -0.25) is 24.0 Å². The molecule has 0 aliphatic rings. The minimum absolute atomic E-state index is 0.129. The first-order chi connectivity index (χ1) is 16.8. The van der Waals surface area contributed by atoms with Crippen molar-refractivity contribution >= 4 is 35.6 Å². The largest absolute Gasteiger partial charge is 0.481 e. The summed E-state index contributed by atoms with van der Waals surface area (Å²) in [5.41, 5.74) is 6.20. The Morgan fingerprint density at radius 1 is 0.833 bits per heavy atom. The van der Waals surface area contributed by atoms with Crippen LogP contribution in [-0.4, -0.2) is 86.3 Å². The van der Waals surface area contributed by atoms with Gasteiger partial charge in [0.05, 0.1) is 18.6 Å². The average molecular weight is 511 g/mol. The van der Waals surface area contributed by atoms with E-state index in [1.165, 1.54) is 6.92 Å². The number of carboxylic acids is 3. The summed E-state index contributed by atoms with van der Waals surface area (Å²) in [5, 5.41) is 43.5. The third kappa shape index (κ3) is 10.5. The first-order valence-electron chi connectivity index (χ1n) is 10.9. The lowest BCUT2D eigenvalue weighted by Crippen LogP contribution is -2.60. The quantitative estimate of drug-likeness (QED) is 0.126. The number of rotatable bonds is 15. The minimum Gasteiger partial charge on any atom is -0.481 e. The summed E-state index contributed by atoms with van der Waals surface area (Å²) < 4.78 is 0. The van der Waals surface area contributed by atoms with Gasteiger partial charge in [-0.15, -0.1) is 0 Å². The van der Waals surface area contributed by atoms with Crippen molar-refractivity contribution in [3.8, 4) is 0 Å². The van der Waals surface area contributed by atoms with Gasteiger partial charge >= 0.3 is 17.9 Å². The molecule has 0 bridgehead atoms. The van der Waals surface area contributed by atoms with Crippen molar-refractivity contribution in [3.63, 3.8) is 0 Å². The highest BCUT2D eigenvalue weighted by molar-refractivity contribution is 5.95. The highest BCUT2D eigenvalue weighted by atomic mass is 16.4. The molecular formula is C22H30N4O10. The molecule has 0 fully saturated rings. The lowest BCUT2D eigenvalue weighted by atomic mass is 10.0. The number of aliphatic carboxylic acids is 3. The maximum absolute atomic E-state index is 12.9. The topological polar surface area (TPSA) is 245 Å². The van der Waals surface area contributed by atoms with Crippen LogP contribution in [0.4, 0.5) is 0 Å². The minimum atomic E-state index is -1.77. The van der Waals surface area contributed by atoms with Crippen LogP contribution in [0.5, 0.6) is 0 Å². The van der Waals surface area contributed by atoms with E-state index in [9.17, 15) is 39.0 Å². The van der Waals surface area contributed by atoms with E-state index in [4.69, 9.17) is 15.9 Å². The molecule has 0 saturated heterocycles. The zero-order valence-corrected chi connectivity index (χ0v) is 19.4. The Balaban J connectivity index is 3.07. The van der Waals surface area contributed by atoms with Gasteiger partial charge in [0.2, 0.25) is 17.7 Å². The van der Waals surface area contributed by atoms with E-state index in [0.29, 0.717) is 5.56 Å². The van der Waals surface area contributed by atoms with Crippen molar-refractivity contribution in [2.75, 3.05) is 0 Å². The summed E-state index contributed by atoms with van der Waals surface area (Å²) in [5.74, 6) is -7.17. The summed E-state index contributed by atoms with van der Waals surface area (Å²) >= 11 is 0. The van der Waals surface area contributed by atoms with Crippen molar-refractivity contribution in [3.05, 3.63) is 35.9 Å². The Hall–Kier alpha value is -4.04. The predicted molar refractivity (Wildman–Crippen MR) is 122 cm³/mol. The van der Waals surface area contributed by atoms with Gasteiger partial charge < -0.3 is 42.1 Å². The molecular weight excluding hydrogens is 480 g/mol. The molecule has 0 aromatic heterocycles. The SMILES string of the molecule is CC(O)C(NC(=O)C(N)CCC(=O)O)C(=O)NC(Cc1ccccc1)C(=O)NC(CC(=O)O)C(=O)O. The number of carbonyl (C=O) groups excluding carboxylic acids is 3. The maximum atomic E-state index is 12.9. The van der Waals surface area contributed by atoms with Crippen LogP contribution < -0.4 is 21.7 Å². The molecule has 0 saturated carbocycles. The molecule has 0 aliphatic heterocycles. The molecule has 3 amide bonds. The number of amides is 3. The van der Waals surface area contributed by atoms with E-state index in [2.05, 4.69) is 16.0 Å². The normalized spacial score (nSPS) is 14.9. The lowest BCUT2D eigenvalue weighted by molar-refractivity contribution is -0.147. The van der Waals surface area contributed by atoms with Crippen molar-refractivity contribution in [1.29, 1.82) is 0 Å². The van der Waals surface area contributed by atoms with E-state index in [1.807, 2.05) is 0 Å². The molecule has 14 heteroatoms. The zero-order chi connectivity index (χ0) is 27.4. The Morgan fingerprint density at radius 2 is 1.42 bits per heavy atom. The standard InChI is InChI=1S/C22H30N4O10/c1-11(27)18(26-19(32)13(23)7-8-16(28)29)21(34)24-14(9-12-5-3-2-4-6-12)20(33)25-15(22(35)36)10-17(30)31/h2-6,11,13-15,18,27H,7-10,23H2,1H3,(H,24,34)(H,25,33)(H,26,32)(H,28,29)(H,30,31)(H,35,36). The first-order valence-corrected chi connectivity index (χ1v) is 10.9. The summed E-state index contributed by atoms with van der Waals surface area (Å²) in [4.78, 5) is 71.0. The van der Waals surface area contributed by atoms with Crippen LogP contribution in [0.2, 0.25) is 0 Å². The zero-order valence-electron chi connectivity index (χ0n) is 19.4. The van der Waals surface area contributed by atoms with Crippen molar-refractivity contribution < 1.29 is 49.2 Å². The molecule has 0 radical (unpaired) electrons. The smallest absolute Gasteiger partial charge is 0.326 e. The molecule has 1 rings (SSSR count). The molecule has 5 atom stereocenters. The number of carbonyl (C=O) groups is 6. The van der Waals surface area contributed by atoms with E-state index in [1.54, 1.807) is 30.3 Å². The second-order valence-electron chi connectivity index (χ2n) is 8.01. The van der Waals surface area contributed by atoms with Crippen LogP contribution in [0.3, 0.4) is 0 Å². The first kappa shape index (κ1) is 30.0. The van der Waals surface area contributed by atoms with Gasteiger partial charge in [-0.1, -0.05) is 30.3 Å². The number of aliphatic hydroxyl groups excluding tert-OH is 1. The number of benzene rings is 1. The highest BCUT2D eigenvalue weighted by Crippen LogP contribution is 2.07. The highest BCUT2D eigenvalue weighted by Gasteiger charge is 2.33. The molecule has 9 N–H and O–H groups in total. The van der Waals surface area contributed by atoms with Crippen LogP contribution in [0, 0.1) is 0 Å². The summed E-state index contributed by atoms with van der Waals surface area (Å²) in [7, 11) is 0. The van der Waals surface area contributed by atoms with Crippen LogP contribution >= 0.6 is 0 Å². The number of carboxylic acid groups (broad SMARTS) is 3. The third-order valence-corrected chi connectivity index (χ3v) is 4.98. The van der Waals surface area contributed by atoms with E-state index in [0.717, 1.165) is 0 Å². The van der Waals surface area contributed by atoms with Gasteiger partial charge in [0, 0.05) is 12.8 Å². The maximum Gasteiger partial charge on any atom is 0.326 e. The van der Waals surface area contributed by atoms with E-state index < -0.39 is 78.7 Å². The Labute approximate surface area is 205 Å². The summed E-state index contributed by atoms with van der Waals surface area (Å²) in [6.07, 6.45) is -3.13. The molecule has 14 nitrogen and oxygen atoms in total. The second kappa shape index (κ2) is 14.4. The Morgan fingerprint density at radius 3 is 1.92 bits per heavy atom. The lowest BCUT2D eigenvalue weighted by Gasteiger charge is -2.26. The average Bonchev–Trinajstić information content (AvgIpc) is 2.79. The number of aliphatic hydroxyl groups is 1. The Bertz CT molecular complexity index is 953. The van der Waals surface area contributed by atoms with Gasteiger partial charge in [-0.2, -0.15) is 0 Å². The molecule has 0 aliphatic carbocycles. The van der Waals surface area contributed by atoms with Crippen LogP contribution in [0.15, 0.2) is 30.3 Å². The molecule has 36 heavy (non-hydrogen) atoms. The van der Waals surface area contributed by atoms with Gasteiger partial charge in [0.15, 0.2) is 0 Å². The number of nitrogens with two attached hydrogens (primary N) is 1. The van der Waals surface area contributed by atoms with Crippen molar-refractivity contribution in [1.82, 2.24) is 16.0 Å². The molecule has 5 unspecified atom stereocenters. The van der Waals surface area contributed by atoms with Gasteiger partial charge in [-0.25, -0.2) is 4.79 Å². The fourth-order valence-corrected chi connectivity index (χ4v) is 3.04. The van der Waals surface area contributed by atoms with Crippen molar-refractivity contribution in [2.24, 2.45) is 5.73 Å². The number of nitrogens with one attached hydrogen (secondary N) is 3.